The van der Waals surface area contributed by atoms with Gasteiger partial charge in [0.05, 0.1) is 0 Å². The molecule has 1 heterocycles. The van der Waals surface area contributed by atoms with E-state index in [1.807, 2.05) is 0 Å². The summed E-state index contributed by atoms with van der Waals surface area (Å²) in [6.45, 7) is 2.17. The van der Waals surface area contributed by atoms with Gasteiger partial charge in [-0.2, -0.15) is 0 Å². The van der Waals surface area contributed by atoms with E-state index >= 15 is 0 Å². The molecule has 2 nitrogen and oxygen atoms in total. The van der Waals surface area contributed by atoms with E-state index in [2.05, 4.69) is 4.90 Å². The Labute approximate surface area is 85.7 Å². The van der Waals surface area contributed by atoms with Gasteiger partial charge in [0.15, 0.2) is 0 Å². The van der Waals surface area contributed by atoms with Crippen molar-refractivity contribution in [2.45, 2.75) is 38.5 Å². The molecule has 0 aromatic heterocycles. The van der Waals surface area contributed by atoms with Gasteiger partial charge in [0.2, 0.25) is 5.91 Å². The van der Waals surface area contributed by atoms with Gasteiger partial charge >= 0.3 is 0 Å². The van der Waals surface area contributed by atoms with Crippen LogP contribution < -0.4 is 0 Å². The number of carbonyl (C=O) groups excluding carboxylic acids is 1. The maximum atomic E-state index is 11.9. The summed E-state index contributed by atoms with van der Waals surface area (Å²) in [7, 11) is 0. The highest BCUT2D eigenvalue weighted by atomic mass is 16.2. The summed E-state index contributed by atoms with van der Waals surface area (Å²) in [5.74, 6) is 2.60. The van der Waals surface area contributed by atoms with Gasteiger partial charge in [0.25, 0.3) is 0 Å². The average Bonchev–Trinajstić information content (AvgIpc) is 2.95. The molecular weight excluding hydrogens is 174 g/mol. The highest BCUT2D eigenvalue weighted by molar-refractivity contribution is 5.81. The molecule has 14 heavy (non-hydrogen) atoms. The molecule has 1 amide bonds. The Kier molecular flexibility index (Phi) is 2.03. The molecular formula is C12H19NO. The van der Waals surface area contributed by atoms with Crippen molar-refractivity contribution in [3.8, 4) is 0 Å². The number of carbonyl (C=O) groups is 1. The second-order valence-corrected chi connectivity index (χ2v) is 5.32. The predicted molar refractivity (Wildman–Crippen MR) is 54.8 cm³/mol. The van der Waals surface area contributed by atoms with Crippen molar-refractivity contribution < 1.29 is 4.79 Å². The molecule has 2 saturated carbocycles. The lowest BCUT2D eigenvalue weighted by Gasteiger charge is -2.22. The number of hydrogen-bond acceptors (Lipinski definition) is 1. The SMILES string of the molecule is O=C(C1CC1)N1CC2CCCCC2C1. The molecule has 3 fully saturated rings. The molecule has 2 unspecified atom stereocenters. The zero-order valence-corrected chi connectivity index (χ0v) is 8.74. The third-order valence-electron chi connectivity index (χ3n) is 4.21. The Hall–Kier alpha value is -0.530. The van der Waals surface area contributed by atoms with Crippen molar-refractivity contribution in [2.24, 2.45) is 17.8 Å². The maximum absolute atomic E-state index is 11.9. The minimum absolute atomic E-state index is 0.426. The molecule has 1 aliphatic heterocycles. The highest BCUT2D eigenvalue weighted by Gasteiger charge is 2.40. The molecule has 2 heteroatoms. The lowest BCUT2D eigenvalue weighted by Crippen LogP contribution is -2.30. The summed E-state index contributed by atoms with van der Waals surface area (Å²) in [5, 5.41) is 0. The molecule has 0 spiro atoms. The number of rotatable bonds is 1. The van der Waals surface area contributed by atoms with Crippen LogP contribution in [0.5, 0.6) is 0 Å². The van der Waals surface area contributed by atoms with Crippen molar-refractivity contribution in [3.05, 3.63) is 0 Å². The number of hydrogen-bond donors (Lipinski definition) is 0. The maximum Gasteiger partial charge on any atom is 0.225 e. The summed E-state index contributed by atoms with van der Waals surface area (Å²) in [5.41, 5.74) is 0. The van der Waals surface area contributed by atoms with Crippen molar-refractivity contribution in [1.29, 1.82) is 0 Å². The third-order valence-corrected chi connectivity index (χ3v) is 4.21. The van der Waals surface area contributed by atoms with Crippen LogP contribution in [0.3, 0.4) is 0 Å². The van der Waals surface area contributed by atoms with Crippen LogP contribution in [0.1, 0.15) is 38.5 Å². The normalized spacial score (nSPS) is 37.0. The Morgan fingerprint density at radius 1 is 0.929 bits per heavy atom. The fourth-order valence-corrected chi connectivity index (χ4v) is 3.17. The molecule has 1 saturated heterocycles. The van der Waals surface area contributed by atoms with E-state index < -0.39 is 0 Å². The van der Waals surface area contributed by atoms with Crippen LogP contribution in [0.25, 0.3) is 0 Å². The first-order valence-corrected chi connectivity index (χ1v) is 6.13. The molecule has 0 N–H and O–H groups in total. The third kappa shape index (κ3) is 1.45. The Morgan fingerprint density at radius 3 is 2.00 bits per heavy atom. The van der Waals surface area contributed by atoms with Gasteiger partial charge in [-0.3, -0.25) is 4.79 Å². The van der Waals surface area contributed by atoms with Gasteiger partial charge in [-0.1, -0.05) is 12.8 Å². The standard InChI is InChI=1S/C12H19NO/c14-12(9-5-6-9)13-7-10-3-1-2-4-11(10)8-13/h9-11H,1-8H2. The number of likely N-dealkylation sites (tertiary alicyclic amines) is 1. The van der Waals surface area contributed by atoms with Crippen LogP contribution in [0.4, 0.5) is 0 Å². The van der Waals surface area contributed by atoms with Crippen molar-refractivity contribution in [2.75, 3.05) is 13.1 Å². The minimum Gasteiger partial charge on any atom is -0.342 e. The van der Waals surface area contributed by atoms with Crippen LogP contribution in [0.15, 0.2) is 0 Å². The first-order chi connectivity index (χ1) is 6.84. The Bertz CT molecular complexity index is 233. The van der Waals surface area contributed by atoms with Gasteiger partial charge in [-0.15, -0.1) is 0 Å². The molecule has 2 atom stereocenters. The molecule has 0 bridgehead atoms. The zero-order valence-electron chi connectivity index (χ0n) is 8.74. The quantitative estimate of drug-likeness (QED) is 0.624. The van der Waals surface area contributed by atoms with Crippen molar-refractivity contribution >= 4 is 5.91 Å². The number of amides is 1. The topological polar surface area (TPSA) is 20.3 Å². The second kappa shape index (κ2) is 3.25. The van der Waals surface area contributed by atoms with Crippen LogP contribution in [-0.2, 0) is 4.79 Å². The van der Waals surface area contributed by atoms with E-state index in [-0.39, 0.29) is 0 Å². The Morgan fingerprint density at radius 2 is 1.50 bits per heavy atom. The summed E-state index contributed by atoms with van der Waals surface area (Å²) in [4.78, 5) is 14.0. The molecule has 3 rings (SSSR count). The second-order valence-electron chi connectivity index (χ2n) is 5.32. The summed E-state index contributed by atoms with van der Waals surface area (Å²) in [6, 6.07) is 0. The van der Waals surface area contributed by atoms with Crippen LogP contribution in [-0.4, -0.2) is 23.9 Å². The Balaban J connectivity index is 1.64. The lowest BCUT2D eigenvalue weighted by molar-refractivity contribution is -0.131. The van der Waals surface area contributed by atoms with Gasteiger partial charge in [0, 0.05) is 19.0 Å². The van der Waals surface area contributed by atoms with Gasteiger partial charge in [-0.05, 0) is 37.5 Å². The van der Waals surface area contributed by atoms with Crippen molar-refractivity contribution in [3.63, 3.8) is 0 Å². The van der Waals surface area contributed by atoms with E-state index in [1.54, 1.807) is 0 Å². The van der Waals surface area contributed by atoms with E-state index in [1.165, 1.54) is 25.7 Å². The first kappa shape index (κ1) is 8.75. The van der Waals surface area contributed by atoms with Crippen LogP contribution in [0, 0.1) is 17.8 Å². The van der Waals surface area contributed by atoms with E-state index in [4.69, 9.17) is 0 Å². The smallest absolute Gasteiger partial charge is 0.225 e. The average molecular weight is 193 g/mol. The molecule has 3 aliphatic rings. The molecule has 78 valence electrons. The fraction of sp³-hybridized carbons (Fsp3) is 0.917. The van der Waals surface area contributed by atoms with Gasteiger partial charge in [0.1, 0.15) is 0 Å². The van der Waals surface area contributed by atoms with E-state index in [0.29, 0.717) is 11.8 Å². The first-order valence-electron chi connectivity index (χ1n) is 6.13. The number of fused-ring (bicyclic) bond motifs is 1. The summed E-state index contributed by atoms with van der Waals surface area (Å²) >= 11 is 0. The fourth-order valence-electron chi connectivity index (χ4n) is 3.17. The zero-order chi connectivity index (χ0) is 9.54. The largest absolute Gasteiger partial charge is 0.342 e. The molecule has 0 aromatic rings. The predicted octanol–water partition coefficient (Wildman–Crippen LogP) is 2.04. The van der Waals surface area contributed by atoms with Crippen molar-refractivity contribution in [1.82, 2.24) is 4.90 Å². The van der Waals surface area contributed by atoms with Crippen LogP contribution in [0.2, 0.25) is 0 Å². The summed E-state index contributed by atoms with van der Waals surface area (Å²) < 4.78 is 0. The molecule has 2 aliphatic carbocycles. The molecule has 0 radical (unpaired) electrons. The van der Waals surface area contributed by atoms with E-state index in [0.717, 1.165) is 37.8 Å². The van der Waals surface area contributed by atoms with Gasteiger partial charge < -0.3 is 4.90 Å². The van der Waals surface area contributed by atoms with E-state index in [9.17, 15) is 4.79 Å². The van der Waals surface area contributed by atoms with Gasteiger partial charge in [-0.25, -0.2) is 0 Å². The van der Waals surface area contributed by atoms with Crippen LogP contribution >= 0.6 is 0 Å². The minimum atomic E-state index is 0.426. The molecule has 0 aromatic carbocycles. The number of nitrogens with zero attached hydrogens (tertiary/aromatic N) is 1. The monoisotopic (exact) mass is 193 g/mol. The lowest BCUT2D eigenvalue weighted by atomic mass is 9.82. The highest BCUT2D eigenvalue weighted by Crippen LogP contribution is 2.39. The summed E-state index contributed by atoms with van der Waals surface area (Å²) in [6.07, 6.45) is 7.85.